The molecular weight excluding hydrogens is 240 g/mol. The Morgan fingerprint density at radius 2 is 1.94 bits per heavy atom. The summed E-state index contributed by atoms with van der Waals surface area (Å²) in [6, 6.07) is -0.127. The summed E-state index contributed by atoms with van der Waals surface area (Å²) in [7, 11) is 1.52. The minimum absolute atomic E-state index is 0.127. The molecule has 1 heterocycles. The maximum Gasteiger partial charge on any atom is 0.402 e. The molecule has 0 spiro atoms. The number of nitrogens with zero attached hydrogens (tertiary/aromatic N) is 3. The van der Waals surface area contributed by atoms with Crippen LogP contribution in [-0.2, 0) is 0 Å². The molecule has 0 atom stereocenters. The Kier molecular flexibility index (Phi) is 5.11. The van der Waals surface area contributed by atoms with Crippen LogP contribution in [-0.4, -0.2) is 60.7 Å². The van der Waals surface area contributed by atoms with Crippen LogP contribution in [0, 0.1) is 0 Å². The number of alkyl halides is 3. The van der Waals surface area contributed by atoms with E-state index in [9.17, 15) is 17.7 Å². The van der Waals surface area contributed by atoms with Crippen molar-refractivity contribution in [2.24, 2.45) is 0 Å². The van der Waals surface area contributed by atoms with Gasteiger partial charge in [-0.05, 0) is 6.42 Å². The van der Waals surface area contributed by atoms with Crippen molar-refractivity contribution in [2.45, 2.75) is 25.6 Å². The molecule has 0 unspecified atom stereocenters. The average molecular weight is 258 g/mol. The minimum Gasteiger partial charge on any atom is -0.236 e. The maximum atomic E-state index is 12.4. The third-order valence-corrected chi connectivity index (χ3v) is 2.47. The van der Waals surface area contributed by atoms with E-state index < -0.39 is 12.7 Å². The maximum absolute atomic E-state index is 12.4. The van der Waals surface area contributed by atoms with Crippen molar-refractivity contribution >= 4 is 0 Å². The molecule has 0 bridgehead atoms. The summed E-state index contributed by atoms with van der Waals surface area (Å²) < 4.78 is 49.4. The van der Waals surface area contributed by atoms with Crippen molar-refractivity contribution in [1.29, 1.82) is 0 Å². The fourth-order valence-corrected chi connectivity index (χ4v) is 1.65. The monoisotopic (exact) mass is 258 g/mol. The SMILES string of the molecule is CCCN(CC(F)(F)F)N(C)NC1CN(F)C1. The molecule has 0 aromatic carbocycles. The highest BCUT2D eigenvalue weighted by Gasteiger charge is 2.34. The zero-order valence-electron chi connectivity index (χ0n) is 9.97. The van der Waals surface area contributed by atoms with E-state index in [1.165, 1.54) is 17.2 Å². The first-order valence-electron chi connectivity index (χ1n) is 5.54. The highest BCUT2D eigenvalue weighted by atomic mass is 19.4. The van der Waals surface area contributed by atoms with Gasteiger partial charge < -0.3 is 0 Å². The first-order valence-corrected chi connectivity index (χ1v) is 5.54. The Labute approximate surface area is 98.0 Å². The van der Waals surface area contributed by atoms with Gasteiger partial charge in [-0.15, -0.1) is 9.60 Å². The van der Waals surface area contributed by atoms with Crippen LogP contribution in [0.2, 0.25) is 0 Å². The number of halogens is 4. The number of hydrogen-bond acceptors (Lipinski definition) is 4. The molecule has 102 valence electrons. The van der Waals surface area contributed by atoms with Gasteiger partial charge in [0.15, 0.2) is 0 Å². The predicted octanol–water partition coefficient (Wildman–Crippen LogP) is 1.18. The third-order valence-electron chi connectivity index (χ3n) is 2.47. The second-order valence-corrected chi connectivity index (χ2v) is 4.18. The molecule has 0 aliphatic carbocycles. The van der Waals surface area contributed by atoms with Crippen LogP contribution in [0.4, 0.5) is 17.7 Å². The molecule has 4 nitrogen and oxygen atoms in total. The third kappa shape index (κ3) is 5.15. The highest BCUT2D eigenvalue weighted by Crippen LogP contribution is 2.17. The summed E-state index contributed by atoms with van der Waals surface area (Å²) in [5.74, 6) is 0. The molecule has 0 aromatic heterocycles. The van der Waals surface area contributed by atoms with Crippen molar-refractivity contribution in [3.8, 4) is 0 Å². The molecule has 1 rings (SSSR count). The van der Waals surface area contributed by atoms with Gasteiger partial charge in [0.2, 0.25) is 0 Å². The van der Waals surface area contributed by atoms with E-state index in [-0.39, 0.29) is 19.1 Å². The average Bonchev–Trinajstić information content (AvgIpc) is 2.12. The van der Waals surface area contributed by atoms with Gasteiger partial charge in [0.1, 0.15) is 6.54 Å². The summed E-state index contributed by atoms with van der Waals surface area (Å²) in [6.07, 6.45) is -3.63. The molecule has 1 fully saturated rings. The number of nitrogens with one attached hydrogen (secondary N) is 1. The van der Waals surface area contributed by atoms with Crippen LogP contribution < -0.4 is 5.43 Å². The lowest BCUT2D eigenvalue weighted by molar-refractivity contribution is -0.196. The summed E-state index contributed by atoms with van der Waals surface area (Å²) in [4.78, 5) is 0. The fraction of sp³-hybridized carbons (Fsp3) is 1.00. The van der Waals surface area contributed by atoms with Crippen molar-refractivity contribution < 1.29 is 17.7 Å². The number of hydrazine groups is 2. The van der Waals surface area contributed by atoms with E-state index in [0.717, 1.165) is 0 Å². The van der Waals surface area contributed by atoms with Crippen LogP contribution in [0.3, 0.4) is 0 Å². The zero-order valence-corrected chi connectivity index (χ0v) is 9.97. The summed E-state index contributed by atoms with van der Waals surface area (Å²) in [5.41, 5.74) is 2.83. The second-order valence-electron chi connectivity index (χ2n) is 4.18. The lowest BCUT2D eigenvalue weighted by Gasteiger charge is -2.40. The molecule has 0 saturated carbocycles. The summed E-state index contributed by atoms with van der Waals surface area (Å²) in [5, 5.41) is 3.09. The molecular formula is C9H18F4N4. The van der Waals surface area contributed by atoms with Crippen LogP contribution >= 0.6 is 0 Å². The lowest BCUT2D eigenvalue weighted by atomic mass is 10.2. The smallest absolute Gasteiger partial charge is 0.236 e. The van der Waals surface area contributed by atoms with Gasteiger partial charge in [-0.2, -0.15) is 18.3 Å². The van der Waals surface area contributed by atoms with Gasteiger partial charge >= 0.3 is 6.18 Å². The predicted molar refractivity (Wildman–Crippen MR) is 55.3 cm³/mol. The Morgan fingerprint density at radius 1 is 1.35 bits per heavy atom. The van der Waals surface area contributed by atoms with Gasteiger partial charge in [0, 0.05) is 26.7 Å². The second kappa shape index (κ2) is 5.94. The van der Waals surface area contributed by atoms with E-state index in [1.807, 2.05) is 6.92 Å². The first kappa shape index (κ1) is 14.6. The molecule has 1 saturated heterocycles. The Bertz CT molecular complexity index is 230. The van der Waals surface area contributed by atoms with Gasteiger partial charge in [0.25, 0.3) is 0 Å². The van der Waals surface area contributed by atoms with E-state index in [2.05, 4.69) is 5.43 Å². The van der Waals surface area contributed by atoms with Crippen molar-refractivity contribution in [3.63, 3.8) is 0 Å². The van der Waals surface area contributed by atoms with Crippen molar-refractivity contribution in [1.82, 2.24) is 20.7 Å². The van der Waals surface area contributed by atoms with E-state index in [0.29, 0.717) is 18.1 Å². The van der Waals surface area contributed by atoms with Gasteiger partial charge in [-0.1, -0.05) is 6.92 Å². The van der Waals surface area contributed by atoms with E-state index >= 15 is 0 Å². The first-order chi connectivity index (χ1) is 7.81. The molecule has 0 radical (unpaired) electrons. The summed E-state index contributed by atoms with van der Waals surface area (Å²) in [6.45, 7) is 1.52. The molecule has 0 aromatic rings. The van der Waals surface area contributed by atoms with Crippen LogP contribution in [0.5, 0.6) is 0 Å². The fourth-order valence-electron chi connectivity index (χ4n) is 1.65. The minimum atomic E-state index is -4.24. The van der Waals surface area contributed by atoms with E-state index in [1.54, 1.807) is 0 Å². The molecule has 17 heavy (non-hydrogen) atoms. The Balaban J connectivity index is 2.39. The molecule has 8 heteroatoms. The van der Waals surface area contributed by atoms with Crippen molar-refractivity contribution in [3.05, 3.63) is 0 Å². The lowest BCUT2D eigenvalue weighted by Crippen LogP contribution is -2.63. The number of rotatable bonds is 6. The Hall–Kier alpha value is -0.440. The van der Waals surface area contributed by atoms with Gasteiger partial charge in [0.05, 0.1) is 6.04 Å². The topological polar surface area (TPSA) is 21.8 Å². The normalized spacial score (nSPS) is 19.1. The van der Waals surface area contributed by atoms with Crippen LogP contribution in [0.25, 0.3) is 0 Å². The largest absolute Gasteiger partial charge is 0.402 e. The standard InChI is InChI=1S/C9H18F4N4/c1-3-4-17(7-9(10,11)12)15(2)14-8-5-16(13)6-8/h8,14H,3-7H2,1-2H3. The zero-order chi connectivity index (χ0) is 13.1. The van der Waals surface area contributed by atoms with Crippen molar-refractivity contribution in [2.75, 3.05) is 33.2 Å². The number of hydrogen-bond donors (Lipinski definition) is 1. The quantitative estimate of drug-likeness (QED) is 0.439. The van der Waals surface area contributed by atoms with Crippen LogP contribution in [0.15, 0.2) is 0 Å². The Morgan fingerprint density at radius 3 is 2.35 bits per heavy atom. The molecule has 1 N–H and O–H groups in total. The van der Waals surface area contributed by atoms with Crippen LogP contribution in [0.1, 0.15) is 13.3 Å². The van der Waals surface area contributed by atoms with Gasteiger partial charge in [-0.3, -0.25) is 0 Å². The highest BCUT2D eigenvalue weighted by molar-refractivity contribution is 4.79. The molecule has 1 aliphatic rings. The molecule has 1 aliphatic heterocycles. The molecule has 0 amide bonds. The van der Waals surface area contributed by atoms with E-state index in [4.69, 9.17) is 0 Å². The summed E-state index contributed by atoms with van der Waals surface area (Å²) >= 11 is 0. The van der Waals surface area contributed by atoms with Gasteiger partial charge in [-0.25, -0.2) is 10.4 Å².